The summed E-state index contributed by atoms with van der Waals surface area (Å²) in [6.07, 6.45) is -4.70. The fourth-order valence-corrected chi connectivity index (χ4v) is 2.00. The van der Waals surface area contributed by atoms with E-state index in [1.807, 2.05) is 0 Å². The van der Waals surface area contributed by atoms with Gasteiger partial charge in [0, 0.05) is 13.1 Å². The fraction of sp³-hybridized carbons (Fsp3) is 0.900. The van der Waals surface area contributed by atoms with E-state index >= 15 is 0 Å². The van der Waals surface area contributed by atoms with Crippen molar-refractivity contribution in [3.63, 3.8) is 0 Å². The van der Waals surface area contributed by atoms with Crippen LogP contribution in [0.5, 0.6) is 0 Å². The van der Waals surface area contributed by atoms with Crippen molar-refractivity contribution in [3.8, 4) is 0 Å². The number of hydrogen-bond donors (Lipinski definition) is 2. The molecule has 0 aromatic carbocycles. The van der Waals surface area contributed by atoms with Gasteiger partial charge >= 0.3 is 12.1 Å². The van der Waals surface area contributed by atoms with Gasteiger partial charge in [0.1, 0.15) is 0 Å². The quantitative estimate of drug-likeness (QED) is 0.785. The third-order valence-electron chi connectivity index (χ3n) is 3.13. The first-order valence-electron chi connectivity index (χ1n) is 5.41. The first-order chi connectivity index (χ1) is 7.71. The van der Waals surface area contributed by atoms with Gasteiger partial charge in [-0.1, -0.05) is 0 Å². The van der Waals surface area contributed by atoms with E-state index in [0.29, 0.717) is 19.5 Å². The van der Waals surface area contributed by atoms with E-state index in [9.17, 15) is 23.1 Å². The lowest BCUT2D eigenvalue weighted by Gasteiger charge is -2.23. The monoisotopic (exact) mass is 255 g/mol. The third-order valence-corrected chi connectivity index (χ3v) is 3.13. The highest BCUT2D eigenvalue weighted by Crippen LogP contribution is 2.29. The Hall–Kier alpha value is -0.820. The molecule has 100 valence electrons. The Kier molecular flexibility index (Phi) is 4.37. The summed E-state index contributed by atoms with van der Waals surface area (Å²) in [5.74, 6) is -4.27. The first-order valence-corrected chi connectivity index (χ1v) is 5.41. The average molecular weight is 255 g/mol. The number of rotatable bonds is 4. The van der Waals surface area contributed by atoms with Gasteiger partial charge in [0.15, 0.2) is 5.92 Å². The van der Waals surface area contributed by atoms with Crippen LogP contribution in [0.15, 0.2) is 0 Å². The number of aliphatic hydroxyl groups excluding tert-OH is 1. The molecule has 1 fully saturated rings. The molecule has 4 nitrogen and oxygen atoms in total. The highest BCUT2D eigenvalue weighted by Gasteiger charge is 2.46. The molecule has 1 saturated heterocycles. The number of aliphatic carboxylic acids is 1. The molecule has 1 rings (SSSR count). The lowest BCUT2D eigenvalue weighted by molar-refractivity contribution is -0.196. The van der Waals surface area contributed by atoms with E-state index in [2.05, 4.69) is 0 Å². The second-order valence-corrected chi connectivity index (χ2v) is 4.48. The molecular weight excluding hydrogens is 239 g/mol. The van der Waals surface area contributed by atoms with Crippen LogP contribution >= 0.6 is 0 Å². The topological polar surface area (TPSA) is 60.8 Å². The number of hydrogen-bond acceptors (Lipinski definition) is 3. The number of carbonyl (C=O) groups is 1. The summed E-state index contributed by atoms with van der Waals surface area (Å²) in [5.41, 5.74) is 0. The number of nitrogens with zero attached hydrogens (tertiary/aromatic N) is 1. The molecule has 1 heterocycles. The van der Waals surface area contributed by atoms with Crippen LogP contribution < -0.4 is 0 Å². The summed E-state index contributed by atoms with van der Waals surface area (Å²) in [4.78, 5) is 12.0. The van der Waals surface area contributed by atoms with Crippen molar-refractivity contribution in [3.05, 3.63) is 0 Å². The van der Waals surface area contributed by atoms with Crippen molar-refractivity contribution in [2.24, 2.45) is 11.8 Å². The first kappa shape index (κ1) is 14.2. The zero-order chi connectivity index (χ0) is 13.2. The summed E-state index contributed by atoms with van der Waals surface area (Å²) in [6.45, 7) is 1.77. The molecule has 7 heteroatoms. The van der Waals surface area contributed by atoms with Gasteiger partial charge in [0.2, 0.25) is 0 Å². The Bertz CT molecular complexity index is 280. The van der Waals surface area contributed by atoms with Gasteiger partial charge in [-0.05, 0) is 25.8 Å². The van der Waals surface area contributed by atoms with Gasteiger partial charge < -0.3 is 15.1 Å². The Labute approximate surface area is 97.0 Å². The maximum absolute atomic E-state index is 12.4. The summed E-state index contributed by atoms with van der Waals surface area (Å²) in [6, 6.07) is 0. The van der Waals surface area contributed by atoms with Crippen LogP contribution in [0.2, 0.25) is 0 Å². The van der Waals surface area contributed by atoms with Crippen LogP contribution in [0.25, 0.3) is 0 Å². The Morgan fingerprint density at radius 3 is 2.47 bits per heavy atom. The molecule has 0 spiro atoms. The fourth-order valence-electron chi connectivity index (χ4n) is 2.00. The summed E-state index contributed by atoms with van der Waals surface area (Å²) in [5, 5.41) is 17.9. The molecular formula is C10H16F3NO3. The van der Waals surface area contributed by atoms with E-state index in [1.54, 1.807) is 6.92 Å². The van der Waals surface area contributed by atoms with Crippen molar-refractivity contribution in [2.45, 2.75) is 25.6 Å². The number of alkyl halides is 3. The maximum Gasteiger partial charge on any atom is 0.403 e. The molecule has 0 aliphatic carbocycles. The van der Waals surface area contributed by atoms with Crippen LogP contribution in [0.1, 0.15) is 13.3 Å². The molecule has 1 aliphatic heterocycles. The molecule has 1 aliphatic rings. The average Bonchev–Trinajstić information content (AvgIpc) is 2.59. The van der Waals surface area contributed by atoms with Crippen LogP contribution in [-0.4, -0.2) is 53.0 Å². The third kappa shape index (κ3) is 3.85. The van der Waals surface area contributed by atoms with Crippen molar-refractivity contribution in [1.82, 2.24) is 4.90 Å². The Balaban J connectivity index is 2.56. The Morgan fingerprint density at radius 2 is 2.12 bits per heavy atom. The van der Waals surface area contributed by atoms with Crippen LogP contribution in [0, 0.1) is 11.8 Å². The van der Waals surface area contributed by atoms with Gasteiger partial charge in [-0.25, -0.2) is 0 Å². The zero-order valence-electron chi connectivity index (χ0n) is 9.44. The molecule has 0 saturated carbocycles. The van der Waals surface area contributed by atoms with Crippen molar-refractivity contribution in [1.29, 1.82) is 0 Å². The lowest BCUT2D eigenvalue weighted by atomic mass is 10.0. The standard InChI is InChI=1S/C10H16F3NO3/c1-6(15)7-2-3-14(4-7)5-8(9(16)17)10(11,12)13/h6-8,15H,2-5H2,1H3,(H,16,17). The number of likely N-dealkylation sites (tertiary alicyclic amines) is 1. The lowest BCUT2D eigenvalue weighted by Crippen LogP contribution is -2.40. The van der Waals surface area contributed by atoms with E-state index in [-0.39, 0.29) is 5.92 Å². The second kappa shape index (κ2) is 5.22. The molecule has 0 radical (unpaired) electrons. The number of carboxylic acids is 1. The Morgan fingerprint density at radius 1 is 1.53 bits per heavy atom. The van der Waals surface area contributed by atoms with Crippen molar-refractivity contribution >= 4 is 5.97 Å². The number of carboxylic acid groups (broad SMARTS) is 1. The zero-order valence-corrected chi connectivity index (χ0v) is 9.44. The summed E-state index contributed by atoms with van der Waals surface area (Å²) in [7, 11) is 0. The van der Waals surface area contributed by atoms with Crippen LogP contribution in [-0.2, 0) is 4.79 Å². The molecule has 0 amide bonds. The number of aliphatic hydroxyl groups is 1. The SMILES string of the molecule is CC(O)C1CCN(CC(C(=O)O)C(F)(F)F)C1. The van der Waals surface area contributed by atoms with Gasteiger partial charge in [-0.2, -0.15) is 13.2 Å². The minimum absolute atomic E-state index is 0.0716. The van der Waals surface area contributed by atoms with Gasteiger partial charge in [0.25, 0.3) is 0 Å². The maximum atomic E-state index is 12.4. The highest BCUT2D eigenvalue weighted by molar-refractivity contribution is 5.71. The van der Waals surface area contributed by atoms with Crippen molar-refractivity contribution in [2.75, 3.05) is 19.6 Å². The van der Waals surface area contributed by atoms with Crippen LogP contribution in [0.4, 0.5) is 13.2 Å². The smallest absolute Gasteiger partial charge is 0.403 e. The molecule has 0 aromatic heterocycles. The highest BCUT2D eigenvalue weighted by atomic mass is 19.4. The molecule has 17 heavy (non-hydrogen) atoms. The number of halogens is 3. The molecule has 0 aromatic rings. The molecule has 2 N–H and O–H groups in total. The molecule has 3 atom stereocenters. The normalized spacial score (nSPS) is 25.8. The van der Waals surface area contributed by atoms with E-state index in [4.69, 9.17) is 5.11 Å². The van der Waals surface area contributed by atoms with E-state index in [0.717, 1.165) is 0 Å². The van der Waals surface area contributed by atoms with E-state index < -0.39 is 30.7 Å². The van der Waals surface area contributed by atoms with Crippen LogP contribution in [0.3, 0.4) is 0 Å². The summed E-state index contributed by atoms with van der Waals surface area (Å²) < 4.78 is 37.3. The van der Waals surface area contributed by atoms with E-state index in [1.165, 1.54) is 4.90 Å². The predicted molar refractivity (Wildman–Crippen MR) is 53.4 cm³/mol. The summed E-state index contributed by atoms with van der Waals surface area (Å²) >= 11 is 0. The van der Waals surface area contributed by atoms with Gasteiger partial charge in [-0.3, -0.25) is 4.79 Å². The van der Waals surface area contributed by atoms with Gasteiger partial charge in [-0.15, -0.1) is 0 Å². The largest absolute Gasteiger partial charge is 0.481 e. The molecule has 0 bridgehead atoms. The second-order valence-electron chi connectivity index (χ2n) is 4.48. The molecule has 3 unspecified atom stereocenters. The minimum Gasteiger partial charge on any atom is -0.481 e. The van der Waals surface area contributed by atoms with Crippen molar-refractivity contribution < 1.29 is 28.2 Å². The predicted octanol–water partition coefficient (Wildman–Crippen LogP) is 0.952. The minimum atomic E-state index is -4.73. The van der Waals surface area contributed by atoms with Gasteiger partial charge in [0.05, 0.1) is 6.10 Å².